The minimum atomic E-state index is -1.17. The summed E-state index contributed by atoms with van der Waals surface area (Å²) in [6.45, 7) is 0.00452. The zero-order valence-electron chi connectivity index (χ0n) is 14.9. The summed E-state index contributed by atoms with van der Waals surface area (Å²) in [4.78, 5) is 42.8. The van der Waals surface area contributed by atoms with Gasteiger partial charge in [-0.2, -0.15) is 0 Å². The van der Waals surface area contributed by atoms with E-state index in [1.54, 1.807) is 24.4 Å². The second-order valence-electron chi connectivity index (χ2n) is 6.99. The van der Waals surface area contributed by atoms with E-state index in [-0.39, 0.29) is 12.3 Å². The fourth-order valence-electron chi connectivity index (χ4n) is 4.05. The Bertz CT molecular complexity index is 1140. The van der Waals surface area contributed by atoms with Crippen LogP contribution in [0.1, 0.15) is 22.3 Å². The van der Waals surface area contributed by atoms with E-state index in [4.69, 9.17) is 4.74 Å². The van der Waals surface area contributed by atoms with Gasteiger partial charge >= 0.3 is 6.03 Å². The minimum Gasteiger partial charge on any atom is -0.493 e. The number of nitrogens with zero attached hydrogens (tertiary/aromatic N) is 1. The quantitative estimate of drug-likeness (QED) is 0.544. The molecule has 3 aromatic rings. The lowest BCUT2D eigenvalue weighted by Crippen LogP contribution is -2.47. The maximum absolute atomic E-state index is 13.3. The molecule has 1 spiro atoms. The fraction of sp³-hybridized carbons (Fsp3) is 0.190. The number of urea groups is 1. The van der Waals surface area contributed by atoms with Crippen LogP contribution in [0.5, 0.6) is 5.75 Å². The number of ether oxygens (including phenoxy) is 1. The Labute approximate surface area is 160 Å². The van der Waals surface area contributed by atoms with Crippen molar-refractivity contribution in [1.82, 2.24) is 15.2 Å². The van der Waals surface area contributed by atoms with E-state index in [2.05, 4.69) is 10.3 Å². The number of hydrogen-bond acceptors (Lipinski definition) is 4. The number of rotatable bonds is 3. The highest BCUT2D eigenvalue weighted by molar-refractivity contribution is 6.14. The van der Waals surface area contributed by atoms with Crippen LogP contribution in [0.2, 0.25) is 0 Å². The molecule has 7 heteroatoms. The Morgan fingerprint density at radius 3 is 2.79 bits per heavy atom. The van der Waals surface area contributed by atoms with Crippen LogP contribution in [-0.4, -0.2) is 40.8 Å². The first kappa shape index (κ1) is 16.6. The van der Waals surface area contributed by atoms with Gasteiger partial charge in [0.05, 0.1) is 13.2 Å². The molecule has 3 amide bonds. The highest BCUT2D eigenvalue weighted by Gasteiger charge is 2.55. The molecule has 0 unspecified atom stereocenters. The number of Topliss-reactive ketones (excluding diaryl/α,β-unsaturated/α-hetero) is 1. The van der Waals surface area contributed by atoms with Gasteiger partial charge in [-0.05, 0) is 12.1 Å². The normalized spacial score (nSPS) is 20.9. The van der Waals surface area contributed by atoms with E-state index in [1.165, 1.54) is 0 Å². The summed E-state index contributed by atoms with van der Waals surface area (Å²) < 4.78 is 5.62. The number of ketones is 1. The Hall–Kier alpha value is -3.61. The number of nitrogens with one attached hydrogen (secondary N) is 2. The van der Waals surface area contributed by atoms with Crippen LogP contribution in [0, 0.1) is 0 Å². The first-order valence-electron chi connectivity index (χ1n) is 9.06. The van der Waals surface area contributed by atoms with Gasteiger partial charge in [0.1, 0.15) is 5.75 Å². The van der Waals surface area contributed by atoms with Crippen LogP contribution in [0.25, 0.3) is 10.9 Å². The predicted molar refractivity (Wildman–Crippen MR) is 101 cm³/mol. The molecular formula is C21H17N3O4. The van der Waals surface area contributed by atoms with Gasteiger partial charge in [0, 0.05) is 34.6 Å². The second kappa shape index (κ2) is 5.95. The average Bonchev–Trinajstić information content (AvgIpc) is 3.24. The molecule has 2 aliphatic rings. The number of fused-ring (bicyclic) bond motifs is 3. The number of para-hydroxylation sites is 2. The molecule has 0 saturated carbocycles. The average molecular weight is 375 g/mol. The van der Waals surface area contributed by atoms with Crippen molar-refractivity contribution >= 4 is 28.6 Å². The van der Waals surface area contributed by atoms with Crippen molar-refractivity contribution < 1.29 is 19.1 Å². The van der Waals surface area contributed by atoms with Gasteiger partial charge in [-0.15, -0.1) is 0 Å². The van der Waals surface area contributed by atoms with Crippen molar-refractivity contribution in [2.75, 3.05) is 13.2 Å². The van der Waals surface area contributed by atoms with E-state index < -0.39 is 17.5 Å². The van der Waals surface area contributed by atoms with E-state index in [0.29, 0.717) is 29.9 Å². The standard InChI is InChI=1S/C21H17N3O4/c25-17(14-11-22-16-7-3-1-5-13(14)16)12-24-19(26)21(23-20(24)27)9-10-28-18-8-4-2-6-15(18)21/h1-8,11,22H,9-10,12H2,(H,23,27)/t21-/m0/s1. The van der Waals surface area contributed by atoms with Crippen molar-refractivity contribution in [3.63, 3.8) is 0 Å². The third-order valence-electron chi connectivity index (χ3n) is 5.45. The third kappa shape index (κ3) is 2.26. The number of carbonyl (C=O) groups is 3. The molecule has 1 aromatic heterocycles. The topological polar surface area (TPSA) is 91.5 Å². The lowest BCUT2D eigenvalue weighted by molar-refractivity contribution is -0.132. The summed E-state index contributed by atoms with van der Waals surface area (Å²) in [6.07, 6.45) is 1.94. The highest BCUT2D eigenvalue weighted by atomic mass is 16.5. The summed E-state index contributed by atoms with van der Waals surface area (Å²) in [5, 5.41) is 3.58. The molecule has 2 N–H and O–H groups in total. The Morgan fingerprint density at radius 2 is 1.89 bits per heavy atom. The lowest BCUT2D eigenvalue weighted by atomic mass is 9.84. The molecule has 7 nitrogen and oxygen atoms in total. The number of hydrogen-bond donors (Lipinski definition) is 2. The van der Waals surface area contributed by atoms with Crippen molar-refractivity contribution in [2.45, 2.75) is 12.0 Å². The third-order valence-corrected chi connectivity index (χ3v) is 5.45. The van der Waals surface area contributed by atoms with Gasteiger partial charge in [-0.1, -0.05) is 36.4 Å². The molecule has 1 atom stereocenters. The molecular weight excluding hydrogens is 358 g/mol. The minimum absolute atomic E-state index is 0.293. The molecule has 1 saturated heterocycles. The summed E-state index contributed by atoms with van der Waals surface area (Å²) in [5.41, 5.74) is 0.746. The van der Waals surface area contributed by atoms with Crippen LogP contribution in [0.15, 0.2) is 54.7 Å². The zero-order chi connectivity index (χ0) is 19.3. The molecule has 3 heterocycles. The number of imide groups is 1. The van der Waals surface area contributed by atoms with Crippen molar-refractivity contribution in [1.29, 1.82) is 0 Å². The maximum Gasteiger partial charge on any atom is 0.325 e. The van der Waals surface area contributed by atoms with Crippen LogP contribution in [0.4, 0.5) is 4.79 Å². The fourth-order valence-corrected chi connectivity index (χ4v) is 4.05. The molecule has 0 radical (unpaired) electrons. The van der Waals surface area contributed by atoms with Gasteiger partial charge in [0.15, 0.2) is 11.3 Å². The van der Waals surface area contributed by atoms with Crippen molar-refractivity contribution in [3.8, 4) is 5.75 Å². The van der Waals surface area contributed by atoms with Crippen LogP contribution >= 0.6 is 0 Å². The molecule has 2 aromatic carbocycles. The van der Waals surface area contributed by atoms with Crippen molar-refractivity contribution in [3.05, 3.63) is 65.9 Å². The first-order chi connectivity index (χ1) is 13.6. The molecule has 140 valence electrons. The zero-order valence-corrected chi connectivity index (χ0v) is 14.9. The number of benzene rings is 2. The largest absolute Gasteiger partial charge is 0.493 e. The molecule has 0 bridgehead atoms. The summed E-state index contributed by atoms with van der Waals surface area (Å²) in [7, 11) is 0. The number of H-pyrrole nitrogens is 1. The summed E-state index contributed by atoms with van der Waals surface area (Å²) >= 11 is 0. The van der Waals surface area contributed by atoms with Gasteiger partial charge in [-0.3, -0.25) is 14.5 Å². The highest BCUT2D eigenvalue weighted by Crippen LogP contribution is 2.41. The maximum atomic E-state index is 13.3. The van der Waals surface area contributed by atoms with Gasteiger partial charge < -0.3 is 15.0 Å². The second-order valence-corrected chi connectivity index (χ2v) is 6.99. The summed E-state index contributed by atoms with van der Waals surface area (Å²) in [6, 6.07) is 14.0. The van der Waals surface area contributed by atoms with E-state index in [9.17, 15) is 14.4 Å². The summed E-state index contributed by atoms with van der Waals surface area (Å²) in [5.74, 6) is -0.132. The Morgan fingerprint density at radius 1 is 1.11 bits per heavy atom. The number of aromatic amines is 1. The van der Waals surface area contributed by atoms with Crippen LogP contribution < -0.4 is 10.1 Å². The van der Waals surface area contributed by atoms with E-state index >= 15 is 0 Å². The van der Waals surface area contributed by atoms with E-state index in [1.807, 2.05) is 30.3 Å². The van der Waals surface area contributed by atoms with E-state index in [0.717, 1.165) is 15.8 Å². The van der Waals surface area contributed by atoms with Crippen LogP contribution in [0.3, 0.4) is 0 Å². The SMILES string of the molecule is O=C(CN1C(=O)N[C@]2(CCOc3ccccc32)C1=O)c1c[nH]c2ccccc12. The molecule has 5 rings (SSSR count). The number of amides is 3. The van der Waals surface area contributed by atoms with Gasteiger partial charge in [-0.25, -0.2) is 4.79 Å². The Kier molecular flexibility index (Phi) is 3.52. The first-order valence-corrected chi connectivity index (χ1v) is 9.06. The molecule has 2 aliphatic heterocycles. The molecule has 0 aliphatic carbocycles. The van der Waals surface area contributed by atoms with Crippen LogP contribution in [-0.2, 0) is 10.3 Å². The molecule has 1 fully saturated rings. The monoisotopic (exact) mass is 375 g/mol. The number of carbonyl (C=O) groups excluding carboxylic acids is 3. The number of aromatic nitrogens is 1. The van der Waals surface area contributed by atoms with Crippen molar-refractivity contribution in [2.24, 2.45) is 0 Å². The molecule has 28 heavy (non-hydrogen) atoms. The lowest BCUT2D eigenvalue weighted by Gasteiger charge is -2.33. The van der Waals surface area contributed by atoms with Gasteiger partial charge in [0.25, 0.3) is 5.91 Å². The predicted octanol–water partition coefficient (Wildman–Crippen LogP) is 2.58. The Balaban J connectivity index is 1.47. The van der Waals surface area contributed by atoms with Gasteiger partial charge in [0.2, 0.25) is 0 Å². The smallest absolute Gasteiger partial charge is 0.325 e.